The fraction of sp³-hybridized carbons (Fsp3) is 0.474. The molecule has 0 N–H and O–H groups in total. The van der Waals surface area contributed by atoms with Gasteiger partial charge in [-0.3, -0.25) is 9.78 Å². The number of hydrogen-bond donors (Lipinski definition) is 0. The third kappa shape index (κ3) is 14.3. The van der Waals surface area contributed by atoms with E-state index in [2.05, 4.69) is 46.3 Å². The number of hydrogen-bond acceptors (Lipinski definition) is 6. The Balaban J connectivity index is 1.86. The molecule has 0 heterocycles. The van der Waals surface area contributed by atoms with Crippen molar-refractivity contribution in [1.29, 1.82) is 0 Å². The highest BCUT2D eigenvalue weighted by Crippen LogP contribution is 2.20. The lowest BCUT2D eigenvalue weighted by Gasteiger charge is -2.18. The first-order valence-electron chi connectivity index (χ1n) is 16.9. The quantitative estimate of drug-likeness (QED) is 0.0482. The lowest BCUT2D eigenvalue weighted by Crippen LogP contribution is -2.39. The van der Waals surface area contributed by atoms with E-state index in [1.165, 1.54) is 57.8 Å². The van der Waals surface area contributed by atoms with Crippen LogP contribution < -0.4 is 10.4 Å². The molecule has 0 spiro atoms. The summed E-state index contributed by atoms with van der Waals surface area (Å²) in [6.45, 7) is 20.5. The maximum atomic E-state index is 12.7. The molecule has 0 atom stereocenters. The Kier molecular flexibility index (Phi) is 18.1. The fourth-order valence-corrected chi connectivity index (χ4v) is 7.41. The van der Waals surface area contributed by atoms with Gasteiger partial charge in [0.2, 0.25) is 0 Å². The zero-order valence-corrected chi connectivity index (χ0v) is 30.7. The molecule has 0 saturated carbocycles. The van der Waals surface area contributed by atoms with Crippen LogP contribution in [0, 0.1) is 13.2 Å². The van der Waals surface area contributed by atoms with Crippen molar-refractivity contribution < 1.29 is 29.1 Å². The van der Waals surface area contributed by atoms with Gasteiger partial charge in [-0.2, -0.15) is 0 Å². The van der Waals surface area contributed by atoms with Crippen molar-refractivity contribution in [3.8, 4) is 0 Å². The summed E-state index contributed by atoms with van der Waals surface area (Å²) >= 11 is 0. The molecule has 0 bridgehead atoms. The molecular weight excluding hydrogens is 609 g/mol. The maximum absolute atomic E-state index is 12.7. The summed E-state index contributed by atoms with van der Waals surface area (Å²) in [5, 5.41) is 2.32. The zero-order chi connectivity index (χ0) is 33.8. The van der Waals surface area contributed by atoms with Crippen molar-refractivity contribution in [3.05, 3.63) is 97.4 Å². The Bertz CT molecular complexity index is 1110. The Hall–Kier alpha value is -2.79. The smallest absolute Gasteiger partial charge is 0.289 e. The molecule has 0 fully saturated rings. The van der Waals surface area contributed by atoms with E-state index in [1.807, 2.05) is 35.7 Å². The first kappa shape index (κ1) is 39.4. The second-order valence-corrected chi connectivity index (χ2v) is 22.0. The molecule has 0 aliphatic rings. The number of carbonyl (C=O) groups excluding carboxylic acids is 2. The summed E-state index contributed by atoms with van der Waals surface area (Å²) in [6.07, 6.45) is 15.6. The van der Waals surface area contributed by atoms with Gasteiger partial charge in [0.05, 0.1) is 11.1 Å². The molecule has 8 heteroatoms. The van der Waals surface area contributed by atoms with Gasteiger partial charge in [0.15, 0.2) is 0 Å². The van der Waals surface area contributed by atoms with Crippen LogP contribution in [0.2, 0.25) is 26.2 Å². The molecule has 2 rings (SSSR count). The monoisotopic (exact) mass is 664 g/mol. The van der Waals surface area contributed by atoms with E-state index >= 15 is 0 Å². The molecule has 252 valence electrons. The van der Waals surface area contributed by atoms with Gasteiger partial charge in [0, 0.05) is 6.42 Å². The van der Waals surface area contributed by atoms with Crippen molar-refractivity contribution in [3.63, 3.8) is 0 Å². The SMILES string of the molecule is [CH2]CCCCCCCCCCCCCC[C](OOC(=O)c1ccc([Si](C)(C)C=C)cc1)OOC(=O)c1ccc([Si](C)(C)C=C)cc1. The Morgan fingerprint density at radius 2 is 0.870 bits per heavy atom. The zero-order valence-electron chi connectivity index (χ0n) is 28.7. The van der Waals surface area contributed by atoms with E-state index in [0.717, 1.165) is 36.1 Å². The van der Waals surface area contributed by atoms with Crippen molar-refractivity contribution in [2.75, 3.05) is 0 Å². The van der Waals surface area contributed by atoms with Crippen molar-refractivity contribution in [2.24, 2.45) is 0 Å². The van der Waals surface area contributed by atoms with Crippen LogP contribution in [0.5, 0.6) is 0 Å². The second-order valence-electron chi connectivity index (χ2n) is 13.1. The molecular formula is C38H56O6Si2. The Labute approximate surface area is 280 Å². The first-order chi connectivity index (χ1) is 22.0. The summed E-state index contributed by atoms with van der Waals surface area (Å²) in [5.74, 6) is -1.33. The average molecular weight is 665 g/mol. The number of carbonyl (C=O) groups is 2. The minimum Gasteiger partial charge on any atom is -0.289 e. The molecule has 0 aliphatic heterocycles. The van der Waals surface area contributed by atoms with Crippen LogP contribution >= 0.6 is 0 Å². The number of benzene rings is 2. The summed E-state index contributed by atoms with van der Waals surface area (Å²) in [5.41, 5.74) is 4.68. The molecule has 6 nitrogen and oxygen atoms in total. The van der Waals surface area contributed by atoms with Gasteiger partial charge < -0.3 is 0 Å². The van der Waals surface area contributed by atoms with E-state index in [1.54, 1.807) is 24.3 Å². The number of rotatable bonds is 24. The normalized spacial score (nSPS) is 11.8. The van der Waals surface area contributed by atoms with Crippen LogP contribution in [-0.2, 0) is 19.6 Å². The molecule has 46 heavy (non-hydrogen) atoms. The highest BCUT2D eigenvalue weighted by molar-refractivity contribution is 6.94. The van der Waals surface area contributed by atoms with Gasteiger partial charge in [0.1, 0.15) is 16.1 Å². The maximum Gasteiger partial charge on any atom is 0.373 e. The Morgan fingerprint density at radius 3 is 1.20 bits per heavy atom. The Morgan fingerprint density at radius 1 is 0.543 bits per heavy atom. The van der Waals surface area contributed by atoms with E-state index < -0.39 is 28.1 Å². The van der Waals surface area contributed by atoms with Crippen molar-refractivity contribution >= 4 is 38.5 Å². The molecule has 0 unspecified atom stereocenters. The van der Waals surface area contributed by atoms with Crippen LogP contribution in [-0.4, -0.2) is 28.1 Å². The fourth-order valence-electron chi connectivity index (χ4n) is 4.88. The third-order valence-electron chi connectivity index (χ3n) is 8.55. The first-order valence-corrected chi connectivity index (χ1v) is 23.1. The summed E-state index contributed by atoms with van der Waals surface area (Å²) in [6, 6.07) is 14.5. The van der Waals surface area contributed by atoms with Gasteiger partial charge in [-0.1, -0.05) is 156 Å². The summed E-state index contributed by atoms with van der Waals surface area (Å²) < 4.78 is 0. The predicted octanol–water partition coefficient (Wildman–Crippen LogP) is 9.63. The van der Waals surface area contributed by atoms with Crippen LogP contribution in [0.3, 0.4) is 0 Å². The number of unbranched alkanes of at least 4 members (excludes halogenated alkanes) is 12. The predicted molar refractivity (Wildman–Crippen MR) is 194 cm³/mol. The molecule has 2 aromatic rings. The van der Waals surface area contributed by atoms with Gasteiger partial charge in [-0.25, -0.2) is 9.59 Å². The standard InChI is InChI=1S/C38H56O6Si2/c1-8-11-12-13-14-15-16-17-18-19-20-21-22-23-36(41-43-37(39)32-24-28-34(29-25-32)45(4,5)9-2)42-44-38(40)33-26-30-35(31-27-33)46(6,7)10-3/h9-10,24-31H,1-3,8,11-23H2,4-7H3. The van der Waals surface area contributed by atoms with Gasteiger partial charge >= 0.3 is 18.2 Å². The van der Waals surface area contributed by atoms with Crippen LogP contribution in [0.1, 0.15) is 111 Å². The van der Waals surface area contributed by atoms with Crippen LogP contribution in [0.25, 0.3) is 0 Å². The molecule has 2 radical (unpaired) electrons. The molecule has 0 aromatic heterocycles. The van der Waals surface area contributed by atoms with Gasteiger partial charge in [-0.05, 0) is 30.7 Å². The highest BCUT2D eigenvalue weighted by atomic mass is 28.3. The van der Waals surface area contributed by atoms with Crippen molar-refractivity contribution in [1.82, 2.24) is 0 Å². The van der Waals surface area contributed by atoms with Gasteiger partial charge in [0.25, 0.3) is 0 Å². The minimum absolute atomic E-state index is 0.0748. The van der Waals surface area contributed by atoms with E-state index in [9.17, 15) is 9.59 Å². The molecule has 0 amide bonds. The minimum atomic E-state index is -1.75. The van der Waals surface area contributed by atoms with Crippen LogP contribution in [0.4, 0.5) is 0 Å². The lowest BCUT2D eigenvalue weighted by molar-refractivity contribution is -0.363. The lowest BCUT2D eigenvalue weighted by atomic mass is 10.0. The molecule has 0 saturated heterocycles. The topological polar surface area (TPSA) is 71.1 Å². The average Bonchev–Trinajstić information content (AvgIpc) is 3.07. The summed E-state index contributed by atoms with van der Waals surface area (Å²) in [7, 11) is -3.50. The third-order valence-corrected chi connectivity index (χ3v) is 14.2. The van der Waals surface area contributed by atoms with Crippen LogP contribution in [0.15, 0.2) is 73.1 Å². The molecule has 2 aromatic carbocycles. The summed E-state index contributed by atoms with van der Waals surface area (Å²) in [4.78, 5) is 46.3. The van der Waals surface area contributed by atoms with E-state index in [-0.39, 0.29) is 6.29 Å². The largest absolute Gasteiger partial charge is 0.373 e. The highest BCUT2D eigenvalue weighted by Gasteiger charge is 2.24. The van der Waals surface area contributed by atoms with E-state index in [0.29, 0.717) is 17.5 Å². The van der Waals surface area contributed by atoms with Crippen molar-refractivity contribution in [2.45, 2.75) is 116 Å². The van der Waals surface area contributed by atoms with Gasteiger partial charge in [-0.15, -0.1) is 22.9 Å². The molecule has 0 aliphatic carbocycles. The van der Waals surface area contributed by atoms with E-state index in [4.69, 9.17) is 19.6 Å². The second kappa shape index (κ2) is 21.2.